The average molecular weight is 401 g/mol. The van der Waals surface area contributed by atoms with Crippen molar-refractivity contribution in [2.24, 2.45) is 5.92 Å². The monoisotopic (exact) mass is 401 g/mol. The van der Waals surface area contributed by atoms with Crippen molar-refractivity contribution in [3.8, 4) is 11.8 Å². The molecule has 2 atom stereocenters. The van der Waals surface area contributed by atoms with Gasteiger partial charge in [-0.05, 0) is 36.8 Å². The molecular formula is C22H19N5O3. The number of hydrogen-bond donors (Lipinski definition) is 3. The maximum Gasteiger partial charge on any atom is 0.258 e. The maximum atomic E-state index is 13.0. The second kappa shape index (κ2) is 7.72. The predicted octanol–water partition coefficient (Wildman–Crippen LogP) is 3.05. The number of nitrogens with one attached hydrogen (secondary N) is 3. The van der Waals surface area contributed by atoms with Gasteiger partial charge in [0.15, 0.2) is 0 Å². The zero-order chi connectivity index (χ0) is 21.3. The summed E-state index contributed by atoms with van der Waals surface area (Å²) in [4.78, 5) is 32.6. The summed E-state index contributed by atoms with van der Waals surface area (Å²) >= 11 is 0. The van der Waals surface area contributed by atoms with Gasteiger partial charge in [-0.3, -0.25) is 14.6 Å². The summed E-state index contributed by atoms with van der Waals surface area (Å²) in [5, 5.41) is 15.2. The number of hydrogen-bond acceptors (Lipinski definition) is 6. The number of carbonyl (C=O) groups excluding carboxylic acids is 1. The van der Waals surface area contributed by atoms with Crippen LogP contribution < -0.4 is 20.9 Å². The molecule has 1 aromatic heterocycles. The summed E-state index contributed by atoms with van der Waals surface area (Å²) in [5.74, 6) is -1.18. The van der Waals surface area contributed by atoms with Crippen LogP contribution in [-0.2, 0) is 4.79 Å². The number of amides is 1. The van der Waals surface area contributed by atoms with Crippen molar-refractivity contribution < 1.29 is 9.53 Å². The average Bonchev–Trinajstić information content (AvgIpc) is 2.74. The fraction of sp³-hybridized carbons (Fsp3) is 0.182. The standard InChI is InChI=1S/C22H19N5O3/c1-12-3-5-13(6-4-12)17-16(11-23)20(28)25-19-18(17)21(29)27-22(26-19)24-14-7-9-15(30-2)10-8-14/h3-10,16-17H,1-2H3,(H3,24,25,26,27,28,29)/t16-,17-/m1/s1. The van der Waals surface area contributed by atoms with Crippen LogP contribution in [0.2, 0.25) is 0 Å². The largest absolute Gasteiger partial charge is 0.497 e. The molecular weight excluding hydrogens is 382 g/mol. The van der Waals surface area contributed by atoms with Crippen LogP contribution in [0, 0.1) is 24.2 Å². The Hall–Kier alpha value is -4.12. The number of anilines is 3. The minimum atomic E-state index is -1.02. The lowest BCUT2D eigenvalue weighted by atomic mass is 9.79. The molecule has 2 aromatic carbocycles. The van der Waals surface area contributed by atoms with Crippen molar-refractivity contribution in [2.45, 2.75) is 12.8 Å². The Kier molecular flexibility index (Phi) is 4.94. The van der Waals surface area contributed by atoms with Crippen LogP contribution >= 0.6 is 0 Å². The highest BCUT2D eigenvalue weighted by atomic mass is 16.5. The van der Waals surface area contributed by atoms with E-state index in [9.17, 15) is 14.9 Å². The molecule has 0 saturated heterocycles. The van der Waals surface area contributed by atoms with E-state index in [4.69, 9.17) is 4.74 Å². The fourth-order valence-corrected chi connectivity index (χ4v) is 3.52. The molecule has 2 heterocycles. The number of carbonyl (C=O) groups is 1. The molecule has 1 aliphatic heterocycles. The molecule has 1 aliphatic rings. The van der Waals surface area contributed by atoms with Gasteiger partial charge in [0.05, 0.1) is 18.7 Å². The molecule has 0 spiro atoms. The van der Waals surface area contributed by atoms with Crippen molar-refractivity contribution in [3.63, 3.8) is 0 Å². The van der Waals surface area contributed by atoms with Gasteiger partial charge in [0.25, 0.3) is 5.56 Å². The number of aromatic nitrogens is 2. The molecule has 1 amide bonds. The van der Waals surface area contributed by atoms with Crippen LogP contribution in [0.4, 0.5) is 17.5 Å². The Morgan fingerprint density at radius 1 is 1.10 bits per heavy atom. The van der Waals surface area contributed by atoms with Crippen molar-refractivity contribution >= 4 is 23.4 Å². The Morgan fingerprint density at radius 3 is 2.43 bits per heavy atom. The van der Waals surface area contributed by atoms with Crippen molar-refractivity contribution in [3.05, 3.63) is 75.6 Å². The van der Waals surface area contributed by atoms with Gasteiger partial charge in [0.2, 0.25) is 11.9 Å². The van der Waals surface area contributed by atoms with Crippen molar-refractivity contribution in [1.82, 2.24) is 9.97 Å². The Balaban J connectivity index is 1.76. The maximum absolute atomic E-state index is 13.0. The summed E-state index contributed by atoms with van der Waals surface area (Å²) in [6, 6.07) is 16.6. The molecule has 30 heavy (non-hydrogen) atoms. The lowest BCUT2D eigenvalue weighted by molar-refractivity contribution is -0.119. The number of fused-ring (bicyclic) bond motifs is 1. The molecule has 8 nitrogen and oxygen atoms in total. The number of aromatic amines is 1. The SMILES string of the molecule is COc1ccc(Nc2nc3c(c(=O)[nH]2)[C@H](c2ccc(C)cc2)[C@@H](C#N)C(=O)N3)cc1. The summed E-state index contributed by atoms with van der Waals surface area (Å²) in [5.41, 5.74) is 2.29. The van der Waals surface area contributed by atoms with Gasteiger partial charge in [-0.25, -0.2) is 0 Å². The molecule has 0 radical (unpaired) electrons. The predicted molar refractivity (Wildman–Crippen MR) is 112 cm³/mol. The highest BCUT2D eigenvalue weighted by Gasteiger charge is 2.40. The van der Waals surface area contributed by atoms with Crippen LogP contribution in [-0.4, -0.2) is 23.0 Å². The molecule has 3 N–H and O–H groups in total. The quantitative estimate of drug-likeness (QED) is 0.618. The number of aryl methyl sites for hydroxylation is 1. The van der Waals surface area contributed by atoms with Gasteiger partial charge in [-0.15, -0.1) is 0 Å². The number of rotatable bonds is 4. The molecule has 0 unspecified atom stereocenters. The Morgan fingerprint density at radius 2 is 1.80 bits per heavy atom. The molecule has 4 rings (SSSR count). The van der Waals surface area contributed by atoms with Crippen molar-refractivity contribution in [1.29, 1.82) is 5.26 Å². The van der Waals surface area contributed by atoms with Crippen LogP contribution in [0.25, 0.3) is 0 Å². The molecule has 0 bridgehead atoms. The molecule has 0 aliphatic carbocycles. The topological polar surface area (TPSA) is 120 Å². The van der Waals surface area contributed by atoms with E-state index in [0.29, 0.717) is 17.0 Å². The summed E-state index contributed by atoms with van der Waals surface area (Å²) < 4.78 is 5.13. The van der Waals surface area contributed by atoms with E-state index in [1.54, 1.807) is 31.4 Å². The first-order valence-electron chi connectivity index (χ1n) is 9.32. The number of H-pyrrole nitrogens is 1. The summed E-state index contributed by atoms with van der Waals surface area (Å²) in [6.07, 6.45) is 0. The number of benzene rings is 2. The van der Waals surface area contributed by atoms with Gasteiger partial charge >= 0.3 is 0 Å². The number of nitrogens with zero attached hydrogens (tertiary/aromatic N) is 2. The lowest BCUT2D eigenvalue weighted by Gasteiger charge is -2.28. The van der Waals surface area contributed by atoms with Gasteiger partial charge in [0.1, 0.15) is 17.5 Å². The summed E-state index contributed by atoms with van der Waals surface area (Å²) in [6.45, 7) is 1.94. The number of ether oxygens (including phenoxy) is 1. The summed E-state index contributed by atoms with van der Waals surface area (Å²) in [7, 11) is 1.58. The highest BCUT2D eigenvalue weighted by molar-refractivity contribution is 5.98. The van der Waals surface area contributed by atoms with E-state index in [1.165, 1.54) is 0 Å². The highest BCUT2D eigenvalue weighted by Crippen LogP contribution is 2.38. The smallest absolute Gasteiger partial charge is 0.258 e. The normalized spacial score (nSPS) is 17.4. The third kappa shape index (κ3) is 3.49. The first-order chi connectivity index (χ1) is 14.5. The van der Waals surface area contributed by atoms with Crippen LogP contribution in [0.15, 0.2) is 53.3 Å². The van der Waals surface area contributed by atoms with E-state index in [1.807, 2.05) is 37.3 Å². The Bertz CT molecular complexity index is 1190. The van der Waals surface area contributed by atoms with E-state index in [-0.39, 0.29) is 17.3 Å². The van der Waals surface area contributed by atoms with E-state index >= 15 is 0 Å². The van der Waals surface area contributed by atoms with Crippen LogP contribution in [0.3, 0.4) is 0 Å². The third-order valence-electron chi connectivity index (χ3n) is 5.05. The third-order valence-corrected chi connectivity index (χ3v) is 5.05. The van der Waals surface area contributed by atoms with Gasteiger partial charge in [0, 0.05) is 11.6 Å². The van der Waals surface area contributed by atoms with E-state index in [0.717, 1.165) is 5.56 Å². The van der Waals surface area contributed by atoms with E-state index in [2.05, 4.69) is 20.6 Å². The minimum absolute atomic E-state index is 0.150. The lowest BCUT2D eigenvalue weighted by Crippen LogP contribution is -2.38. The number of methoxy groups -OCH3 is 1. The fourth-order valence-electron chi connectivity index (χ4n) is 3.52. The van der Waals surface area contributed by atoms with Crippen LogP contribution in [0.1, 0.15) is 22.6 Å². The Labute approximate surface area is 172 Å². The molecule has 0 fully saturated rings. The zero-order valence-corrected chi connectivity index (χ0v) is 16.4. The van der Waals surface area contributed by atoms with Crippen molar-refractivity contribution in [2.75, 3.05) is 17.7 Å². The van der Waals surface area contributed by atoms with Gasteiger partial charge in [-0.2, -0.15) is 10.2 Å². The first kappa shape index (κ1) is 19.2. The molecule has 3 aromatic rings. The second-order valence-corrected chi connectivity index (χ2v) is 7.01. The second-order valence-electron chi connectivity index (χ2n) is 7.01. The molecule has 0 saturated carbocycles. The van der Waals surface area contributed by atoms with Crippen LogP contribution in [0.5, 0.6) is 5.75 Å². The van der Waals surface area contributed by atoms with Gasteiger partial charge in [-0.1, -0.05) is 29.8 Å². The first-order valence-corrected chi connectivity index (χ1v) is 9.32. The molecule has 150 valence electrons. The molecule has 8 heteroatoms. The van der Waals surface area contributed by atoms with E-state index < -0.39 is 23.3 Å². The minimum Gasteiger partial charge on any atom is -0.497 e. The van der Waals surface area contributed by atoms with Gasteiger partial charge < -0.3 is 15.4 Å². The number of nitriles is 1. The zero-order valence-electron chi connectivity index (χ0n) is 16.4.